The van der Waals surface area contributed by atoms with Crippen molar-refractivity contribution in [3.8, 4) is 0 Å². The van der Waals surface area contributed by atoms with Crippen LogP contribution in [0.4, 0.5) is 13.2 Å². The smallest absolute Gasteiger partial charge is 0.351 e. The van der Waals surface area contributed by atoms with E-state index in [1.807, 2.05) is 5.32 Å². The number of hydrogen-bond donors (Lipinski definition) is 2. The Bertz CT molecular complexity index is 1190. The molecule has 3 N–H and O–H groups in total. The quantitative estimate of drug-likeness (QED) is 0.603. The molecule has 9 nitrogen and oxygen atoms in total. The van der Waals surface area contributed by atoms with Gasteiger partial charge in [0.2, 0.25) is 11.7 Å². The molecule has 0 aromatic carbocycles. The number of carbonyl (C=O) groups is 2. The molecule has 1 aromatic rings. The molecule has 13 heteroatoms. The van der Waals surface area contributed by atoms with Crippen molar-refractivity contribution in [3.63, 3.8) is 0 Å². The average Bonchev–Trinajstić information content (AvgIpc) is 3.21. The maximum Gasteiger partial charge on any atom is 0.418 e. The number of H-pyrrole nitrogens is 1. The van der Waals surface area contributed by atoms with E-state index in [9.17, 15) is 31.2 Å². The molecule has 35 heavy (non-hydrogen) atoms. The number of allylic oxidation sites excluding steroid dienone is 3. The van der Waals surface area contributed by atoms with E-state index >= 15 is 0 Å². The molecular formula is C22H25F3N5O4S+. The van der Waals surface area contributed by atoms with Crippen molar-refractivity contribution < 1.29 is 36.2 Å². The molecule has 3 aliphatic heterocycles. The van der Waals surface area contributed by atoms with E-state index in [2.05, 4.69) is 10.3 Å². The lowest BCUT2D eigenvalue weighted by molar-refractivity contribution is -0.401. The number of fused-ring (bicyclic) bond motifs is 1. The first-order chi connectivity index (χ1) is 16.5. The second kappa shape index (κ2) is 9.36. The number of nitrogens with one attached hydrogen (secondary N) is 3. The first-order valence-corrected chi connectivity index (χ1v) is 12.9. The summed E-state index contributed by atoms with van der Waals surface area (Å²) in [4.78, 5) is 31.7. The Morgan fingerprint density at radius 1 is 1.20 bits per heavy atom. The van der Waals surface area contributed by atoms with Crippen molar-refractivity contribution >= 4 is 21.7 Å². The summed E-state index contributed by atoms with van der Waals surface area (Å²) in [6.07, 6.45) is 3.60. The van der Waals surface area contributed by atoms with E-state index in [4.69, 9.17) is 0 Å². The van der Waals surface area contributed by atoms with Crippen molar-refractivity contribution in [2.24, 2.45) is 0 Å². The number of alkyl halides is 3. The SMILES string of the molecule is CS(=O)(=O)C1CCN(C(=O)C2NC(C(=O)NC(c3cccc[nH+]3)C(F)(F)F)=C3C=CC=CN32)CC1. The third-order valence-electron chi connectivity index (χ3n) is 6.17. The van der Waals surface area contributed by atoms with Crippen molar-refractivity contribution in [2.75, 3.05) is 19.3 Å². The molecule has 2 amide bonds. The zero-order chi connectivity index (χ0) is 25.4. The minimum absolute atomic E-state index is 0.167. The van der Waals surface area contributed by atoms with Crippen molar-refractivity contribution in [2.45, 2.75) is 36.5 Å². The summed E-state index contributed by atoms with van der Waals surface area (Å²) in [5.74, 6) is -1.42. The van der Waals surface area contributed by atoms with E-state index < -0.39 is 45.3 Å². The molecule has 0 saturated carbocycles. The number of likely N-dealkylation sites (tertiary alicyclic amines) is 1. The minimum Gasteiger partial charge on any atom is -0.351 e. The summed E-state index contributed by atoms with van der Waals surface area (Å²) in [5.41, 5.74) is -0.151. The van der Waals surface area contributed by atoms with Crippen LogP contribution in [0.5, 0.6) is 0 Å². The van der Waals surface area contributed by atoms with Gasteiger partial charge in [0.25, 0.3) is 11.8 Å². The summed E-state index contributed by atoms with van der Waals surface area (Å²) in [7, 11) is -3.22. The number of amides is 2. The number of sulfone groups is 1. The fourth-order valence-electron chi connectivity index (χ4n) is 4.34. The Balaban J connectivity index is 1.52. The maximum atomic E-state index is 13.7. The molecule has 4 rings (SSSR count). The summed E-state index contributed by atoms with van der Waals surface area (Å²) in [5, 5.41) is 4.28. The van der Waals surface area contributed by atoms with E-state index in [0.717, 1.165) is 0 Å². The summed E-state index contributed by atoms with van der Waals surface area (Å²) >= 11 is 0. The predicted molar refractivity (Wildman–Crippen MR) is 118 cm³/mol. The van der Waals surface area contributed by atoms with Crippen LogP contribution in [-0.2, 0) is 19.4 Å². The van der Waals surface area contributed by atoms with Crippen LogP contribution >= 0.6 is 0 Å². The number of nitrogens with zero attached hydrogens (tertiary/aromatic N) is 2. The summed E-state index contributed by atoms with van der Waals surface area (Å²) in [6.45, 7) is 0.442. The Morgan fingerprint density at radius 3 is 2.51 bits per heavy atom. The van der Waals surface area contributed by atoms with Gasteiger partial charge in [0.15, 0.2) is 12.4 Å². The largest absolute Gasteiger partial charge is 0.418 e. The summed E-state index contributed by atoms with van der Waals surface area (Å²) < 4.78 is 64.8. The first kappa shape index (κ1) is 24.8. The van der Waals surface area contributed by atoms with Crippen LogP contribution in [0.1, 0.15) is 24.6 Å². The second-order valence-electron chi connectivity index (χ2n) is 8.54. The standard InChI is InChI=1S/C22H24F3N5O4S/c1-35(33,34)14-8-12-29(13-9-14)21(32)19-27-17(16-7-3-5-11-30(16)19)20(31)28-18(22(23,24)25)15-6-2-4-10-26-15/h2-7,10-11,14,18-19,27H,8-9,12-13H2,1H3,(H,28,31)/p+1. The zero-order valence-electron chi connectivity index (χ0n) is 18.7. The molecule has 0 aliphatic carbocycles. The zero-order valence-corrected chi connectivity index (χ0v) is 19.6. The number of hydrogen-bond acceptors (Lipinski definition) is 6. The van der Waals surface area contributed by atoms with Gasteiger partial charge < -0.3 is 20.4 Å². The number of halogens is 3. The molecule has 0 radical (unpaired) electrons. The molecule has 4 heterocycles. The fourth-order valence-corrected chi connectivity index (χ4v) is 5.41. The lowest BCUT2D eigenvalue weighted by Crippen LogP contribution is -2.53. The van der Waals surface area contributed by atoms with Gasteiger partial charge in [-0.15, -0.1) is 0 Å². The van der Waals surface area contributed by atoms with E-state index in [1.54, 1.807) is 18.4 Å². The van der Waals surface area contributed by atoms with Gasteiger partial charge in [0.05, 0.1) is 10.9 Å². The Morgan fingerprint density at radius 2 is 1.91 bits per heavy atom. The third kappa shape index (κ3) is 5.19. The van der Waals surface area contributed by atoms with Crippen LogP contribution < -0.4 is 15.6 Å². The van der Waals surface area contributed by atoms with E-state index in [1.165, 1.54) is 46.5 Å². The lowest BCUT2D eigenvalue weighted by atomic mass is 10.1. The first-order valence-electron chi connectivity index (χ1n) is 10.9. The molecule has 2 atom stereocenters. The monoisotopic (exact) mass is 512 g/mol. The number of carbonyl (C=O) groups excluding carboxylic acids is 2. The van der Waals surface area contributed by atoms with Gasteiger partial charge in [-0.3, -0.25) is 9.59 Å². The Labute approximate surface area is 200 Å². The number of piperidine rings is 1. The van der Waals surface area contributed by atoms with Gasteiger partial charge in [0, 0.05) is 37.7 Å². The van der Waals surface area contributed by atoms with Crippen molar-refractivity contribution in [1.82, 2.24) is 20.4 Å². The molecule has 0 bridgehead atoms. The van der Waals surface area contributed by atoms with Crippen LogP contribution in [0.25, 0.3) is 0 Å². The van der Waals surface area contributed by atoms with Gasteiger partial charge in [-0.05, 0) is 25.0 Å². The van der Waals surface area contributed by atoms with Gasteiger partial charge in [0.1, 0.15) is 15.5 Å². The molecule has 188 valence electrons. The topological polar surface area (TPSA) is 113 Å². The lowest BCUT2D eigenvalue weighted by Gasteiger charge is -2.35. The van der Waals surface area contributed by atoms with Gasteiger partial charge in [-0.1, -0.05) is 12.1 Å². The molecule has 1 aromatic heterocycles. The van der Waals surface area contributed by atoms with Crippen LogP contribution in [0.15, 0.2) is 60.2 Å². The number of aromatic nitrogens is 1. The predicted octanol–water partition coefficient (Wildman–Crippen LogP) is 0.782. The molecule has 0 spiro atoms. The van der Waals surface area contributed by atoms with Crippen LogP contribution in [-0.4, -0.2) is 67.0 Å². The highest BCUT2D eigenvalue weighted by atomic mass is 32.2. The van der Waals surface area contributed by atoms with Crippen LogP contribution in [0.2, 0.25) is 0 Å². The van der Waals surface area contributed by atoms with Gasteiger partial charge in [-0.2, -0.15) is 13.2 Å². The van der Waals surface area contributed by atoms with Gasteiger partial charge >= 0.3 is 6.18 Å². The Hall–Kier alpha value is -3.35. The molecule has 2 unspecified atom stereocenters. The highest BCUT2D eigenvalue weighted by molar-refractivity contribution is 7.91. The number of pyridine rings is 1. The van der Waals surface area contributed by atoms with Crippen molar-refractivity contribution in [1.29, 1.82) is 0 Å². The highest BCUT2D eigenvalue weighted by Gasteiger charge is 2.47. The summed E-state index contributed by atoms with van der Waals surface area (Å²) in [6, 6.07) is 1.88. The normalized spacial score (nSPS) is 21.5. The van der Waals surface area contributed by atoms with E-state index in [-0.39, 0.29) is 30.2 Å². The van der Waals surface area contributed by atoms with Gasteiger partial charge in [-0.25, -0.2) is 13.4 Å². The van der Waals surface area contributed by atoms with Crippen LogP contribution in [0, 0.1) is 0 Å². The third-order valence-corrected chi connectivity index (χ3v) is 7.85. The molecule has 3 aliphatic rings. The highest BCUT2D eigenvalue weighted by Crippen LogP contribution is 2.32. The molecule has 1 saturated heterocycles. The Kier molecular flexibility index (Phi) is 6.62. The van der Waals surface area contributed by atoms with Crippen LogP contribution in [0.3, 0.4) is 0 Å². The molecule has 1 fully saturated rings. The number of aromatic amines is 1. The number of rotatable bonds is 5. The minimum atomic E-state index is -4.77. The maximum absolute atomic E-state index is 13.7. The van der Waals surface area contributed by atoms with E-state index in [0.29, 0.717) is 12.8 Å². The second-order valence-corrected chi connectivity index (χ2v) is 10.9. The molecular weight excluding hydrogens is 487 g/mol. The average molecular weight is 513 g/mol. The fraction of sp³-hybridized carbons (Fsp3) is 0.409. The van der Waals surface area contributed by atoms with Crippen molar-refractivity contribution in [3.05, 3.63) is 65.9 Å².